The maximum Gasteiger partial charge on any atom is 0.255 e. The van der Waals surface area contributed by atoms with Gasteiger partial charge in [0.25, 0.3) is 11.8 Å². The Morgan fingerprint density at radius 2 is 1.93 bits per heavy atom. The molecule has 3 saturated carbocycles. The number of amides is 2. The van der Waals surface area contributed by atoms with E-state index in [4.69, 9.17) is 15.2 Å². The molecule has 0 unspecified atom stereocenters. The number of primary amides is 1. The number of aromatic nitrogens is 3. The fourth-order valence-electron chi connectivity index (χ4n) is 6.09. The fraction of sp³-hybridized carbons (Fsp3) is 0.500. The highest BCUT2D eigenvalue weighted by molar-refractivity contribution is 7.90. The average molecular weight is 568 g/mol. The van der Waals surface area contributed by atoms with E-state index in [1.165, 1.54) is 6.26 Å². The highest BCUT2D eigenvalue weighted by Gasteiger charge is 2.54. The second kappa shape index (κ2) is 10.1. The van der Waals surface area contributed by atoms with E-state index in [1.807, 2.05) is 12.1 Å². The van der Waals surface area contributed by atoms with Gasteiger partial charge in [-0.1, -0.05) is 0 Å². The van der Waals surface area contributed by atoms with Crippen LogP contribution in [0.5, 0.6) is 11.6 Å². The van der Waals surface area contributed by atoms with Crippen LogP contribution in [-0.2, 0) is 9.84 Å². The van der Waals surface area contributed by atoms with Gasteiger partial charge in [0.1, 0.15) is 27.3 Å². The maximum absolute atomic E-state index is 13.2. The first kappa shape index (κ1) is 26.5. The van der Waals surface area contributed by atoms with Crippen molar-refractivity contribution >= 4 is 27.2 Å². The third-order valence-corrected chi connectivity index (χ3v) is 9.17. The number of hydrogen-bond acceptors (Lipinski definition) is 8. The van der Waals surface area contributed by atoms with E-state index in [0.717, 1.165) is 49.7 Å². The smallest absolute Gasteiger partial charge is 0.255 e. The van der Waals surface area contributed by atoms with Crippen molar-refractivity contribution in [3.05, 3.63) is 53.5 Å². The van der Waals surface area contributed by atoms with Gasteiger partial charge in [0, 0.05) is 24.4 Å². The predicted octanol–water partition coefficient (Wildman–Crippen LogP) is 2.64. The molecule has 3 aliphatic rings. The number of sulfone groups is 1. The molecule has 3 aromatic heterocycles. The standard InChI is InChI=1S/C28H33N5O6S/c1-40(36,37)11-3-10-38-23-8-7-22-21(16-31-33(22)24(23)17-5-6-17)26(35)32-18-12-28(13-18)14-19(15-28)39-27-20(25(29)34)4-2-9-30-27/h2,4,7-9,16-19H,3,5-6,10-15H2,1H3,(H2,29,34)(H,32,35). The van der Waals surface area contributed by atoms with Crippen LogP contribution in [0.1, 0.15) is 77.3 Å². The van der Waals surface area contributed by atoms with Gasteiger partial charge >= 0.3 is 0 Å². The molecule has 0 radical (unpaired) electrons. The van der Waals surface area contributed by atoms with Crippen molar-refractivity contribution in [2.75, 3.05) is 18.6 Å². The molecule has 3 N–H and O–H groups in total. The van der Waals surface area contributed by atoms with Gasteiger partial charge in [-0.3, -0.25) is 9.59 Å². The van der Waals surface area contributed by atoms with Crippen molar-refractivity contribution < 1.29 is 27.5 Å². The molecule has 0 atom stereocenters. The third kappa shape index (κ3) is 5.36. The van der Waals surface area contributed by atoms with Crippen LogP contribution in [0.3, 0.4) is 0 Å². The van der Waals surface area contributed by atoms with Crippen molar-refractivity contribution in [2.24, 2.45) is 11.1 Å². The van der Waals surface area contributed by atoms with Crippen LogP contribution in [0, 0.1) is 5.41 Å². The quantitative estimate of drug-likeness (QED) is 0.335. The second-order valence-corrected chi connectivity index (χ2v) is 13.8. The van der Waals surface area contributed by atoms with Gasteiger partial charge in [-0.2, -0.15) is 5.10 Å². The Balaban J connectivity index is 1.05. The Morgan fingerprint density at radius 3 is 2.62 bits per heavy atom. The maximum atomic E-state index is 13.2. The molecule has 6 rings (SSSR count). The normalized spacial score (nSPS) is 23.8. The van der Waals surface area contributed by atoms with Crippen molar-refractivity contribution in [3.8, 4) is 11.6 Å². The molecular formula is C28H33N5O6S. The summed E-state index contributed by atoms with van der Waals surface area (Å²) in [6.07, 6.45) is 10.3. The number of nitrogens with two attached hydrogens (primary N) is 1. The minimum Gasteiger partial charge on any atom is -0.492 e. The minimum absolute atomic E-state index is 0.0205. The Bertz CT molecular complexity index is 1570. The highest BCUT2D eigenvalue weighted by atomic mass is 32.2. The first-order valence-electron chi connectivity index (χ1n) is 13.6. The summed E-state index contributed by atoms with van der Waals surface area (Å²) in [7, 11) is -3.03. The Kier molecular flexibility index (Phi) is 6.68. The first-order valence-corrected chi connectivity index (χ1v) is 15.7. The number of rotatable bonds is 11. The molecule has 3 aromatic rings. The summed E-state index contributed by atoms with van der Waals surface area (Å²) < 4.78 is 36.5. The lowest BCUT2D eigenvalue weighted by Crippen LogP contribution is -2.58. The van der Waals surface area contributed by atoms with Gasteiger partial charge in [-0.25, -0.2) is 17.9 Å². The zero-order valence-electron chi connectivity index (χ0n) is 22.3. The average Bonchev–Trinajstić information content (AvgIpc) is 3.60. The molecular weight excluding hydrogens is 534 g/mol. The lowest BCUT2D eigenvalue weighted by Gasteiger charge is -2.57. The first-order chi connectivity index (χ1) is 19.1. The van der Waals surface area contributed by atoms with E-state index < -0.39 is 15.7 Å². The topological polar surface area (TPSA) is 155 Å². The number of carbonyl (C=O) groups is 2. The third-order valence-electron chi connectivity index (χ3n) is 8.14. The lowest BCUT2D eigenvalue weighted by atomic mass is 9.53. The number of nitrogens with zero attached hydrogens (tertiary/aromatic N) is 3. The fourth-order valence-corrected chi connectivity index (χ4v) is 6.73. The number of fused-ring (bicyclic) bond motifs is 1. The van der Waals surface area contributed by atoms with Crippen molar-refractivity contribution in [3.63, 3.8) is 0 Å². The Hall–Kier alpha value is -3.67. The number of ether oxygens (including phenoxy) is 2. The van der Waals surface area contributed by atoms with Crippen LogP contribution in [-0.4, -0.2) is 65.6 Å². The largest absolute Gasteiger partial charge is 0.492 e. The summed E-state index contributed by atoms with van der Waals surface area (Å²) in [4.78, 5) is 29.0. The highest BCUT2D eigenvalue weighted by Crippen LogP contribution is 2.57. The molecule has 212 valence electrons. The Labute approximate surface area is 232 Å². The SMILES string of the molecule is CS(=O)(=O)CCCOc1ccc2c(C(=O)NC3CC4(C3)CC(Oc3ncccc3C(N)=O)C4)cnn2c1C1CC1. The van der Waals surface area contributed by atoms with E-state index in [-0.39, 0.29) is 40.7 Å². The van der Waals surface area contributed by atoms with E-state index >= 15 is 0 Å². The van der Waals surface area contributed by atoms with Gasteiger partial charge in [-0.15, -0.1) is 0 Å². The van der Waals surface area contributed by atoms with E-state index in [2.05, 4.69) is 15.4 Å². The monoisotopic (exact) mass is 567 g/mol. The Morgan fingerprint density at radius 1 is 1.15 bits per heavy atom. The molecule has 0 bridgehead atoms. The molecule has 0 saturated heterocycles. The van der Waals surface area contributed by atoms with Crippen molar-refractivity contribution in [1.82, 2.24) is 19.9 Å². The summed E-state index contributed by atoms with van der Waals surface area (Å²) in [6.45, 7) is 0.302. The van der Waals surface area contributed by atoms with Crippen LogP contribution in [0.25, 0.3) is 5.52 Å². The molecule has 2 amide bonds. The van der Waals surface area contributed by atoms with E-state index in [1.54, 1.807) is 29.0 Å². The van der Waals surface area contributed by atoms with Crippen molar-refractivity contribution in [1.29, 1.82) is 0 Å². The molecule has 0 aromatic carbocycles. The van der Waals surface area contributed by atoms with Gasteiger partial charge in [0.2, 0.25) is 5.88 Å². The molecule has 3 aliphatic carbocycles. The van der Waals surface area contributed by atoms with Gasteiger partial charge < -0.3 is 20.5 Å². The zero-order chi connectivity index (χ0) is 28.1. The van der Waals surface area contributed by atoms with Crippen LogP contribution in [0.15, 0.2) is 36.7 Å². The molecule has 0 aliphatic heterocycles. The number of hydrogen-bond donors (Lipinski definition) is 2. The van der Waals surface area contributed by atoms with Gasteiger partial charge in [0.15, 0.2) is 0 Å². The van der Waals surface area contributed by atoms with Gasteiger partial charge in [0.05, 0.1) is 35.3 Å². The summed E-state index contributed by atoms with van der Waals surface area (Å²) in [5.74, 6) is 0.653. The lowest BCUT2D eigenvalue weighted by molar-refractivity contribution is -0.0848. The molecule has 3 heterocycles. The van der Waals surface area contributed by atoms with Gasteiger partial charge in [-0.05, 0) is 74.6 Å². The molecule has 12 heteroatoms. The molecule has 40 heavy (non-hydrogen) atoms. The summed E-state index contributed by atoms with van der Waals surface area (Å²) in [6, 6.07) is 7.05. The van der Waals surface area contributed by atoms with E-state index in [9.17, 15) is 18.0 Å². The van der Waals surface area contributed by atoms with Crippen LogP contribution in [0.2, 0.25) is 0 Å². The number of pyridine rings is 2. The molecule has 11 nitrogen and oxygen atoms in total. The van der Waals surface area contributed by atoms with Crippen LogP contribution >= 0.6 is 0 Å². The summed E-state index contributed by atoms with van der Waals surface area (Å²) >= 11 is 0. The number of carbonyl (C=O) groups excluding carboxylic acids is 2. The predicted molar refractivity (Wildman–Crippen MR) is 146 cm³/mol. The summed E-state index contributed by atoms with van der Waals surface area (Å²) in [5.41, 5.74) is 8.04. The summed E-state index contributed by atoms with van der Waals surface area (Å²) in [5, 5.41) is 7.69. The second-order valence-electron chi connectivity index (χ2n) is 11.5. The zero-order valence-corrected chi connectivity index (χ0v) is 23.2. The molecule has 3 fully saturated rings. The number of nitrogens with one attached hydrogen (secondary N) is 1. The van der Waals surface area contributed by atoms with E-state index in [0.29, 0.717) is 30.3 Å². The van der Waals surface area contributed by atoms with Crippen LogP contribution in [0.4, 0.5) is 0 Å². The van der Waals surface area contributed by atoms with Crippen LogP contribution < -0.4 is 20.5 Å². The van der Waals surface area contributed by atoms with Crippen molar-refractivity contribution in [2.45, 2.75) is 63.0 Å². The molecule has 1 spiro atoms. The minimum atomic E-state index is -3.03.